The number of hydrogen-bond acceptors (Lipinski definition) is 2. The summed E-state index contributed by atoms with van der Waals surface area (Å²) in [5, 5.41) is 0. The molecule has 26 heavy (non-hydrogen) atoms. The van der Waals surface area contributed by atoms with Crippen molar-refractivity contribution in [2.45, 2.75) is 32.1 Å². The number of carbonyl (C=O) groups is 2. The predicted molar refractivity (Wildman–Crippen MR) is 102 cm³/mol. The molecule has 0 aromatic heterocycles. The molecule has 2 fully saturated rings. The zero-order valence-corrected chi connectivity index (χ0v) is 15.4. The van der Waals surface area contributed by atoms with Crippen molar-refractivity contribution in [3.05, 3.63) is 71.8 Å². The van der Waals surface area contributed by atoms with E-state index in [9.17, 15) is 9.59 Å². The Kier molecular flexibility index (Phi) is 3.98. The first-order valence-electron chi connectivity index (χ1n) is 9.53. The fraction of sp³-hybridized carbons (Fsp3) is 0.391. The maximum atomic E-state index is 13.5. The van der Waals surface area contributed by atoms with Gasteiger partial charge in [0.05, 0.1) is 0 Å². The van der Waals surface area contributed by atoms with Crippen LogP contribution in [-0.4, -0.2) is 29.7 Å². The predicted octanol–water partition coefficient (Wildman–Crippen LogP) is 3.82. The van der Waals surface area contributed by atoms with Gasteiger partial charge in [0, 0.05) is 24.4 Å². The van der Waals surface area contributed by atoms with E-state index in [1.54, 1.807) is 6.92 Å². The lowest BCUT2D eigenvalue weighted by atomic mass is 9.77. The van der Waals surface area contributed by atoms with E-state index in [4.69, 9.17) is 0 Å². The van der Waals surface area contributed by atoms with Crippen LogP contribution < -0.4 is 0 Å². The smallest absolute Gasteiger partial charge is 0.237 e. The van der Waals surface area contributed by atoms with Crippen LogP contribution in [0.4, 0.5) is 0 Å². The van der Waals surface area contributed by atoms with E-state index in [-0.39, 0.29) is 17.6 Å². The Hall–Kier alpha value is -2.42. The van der Waals surface area contributed by atoms with Crippen LogP contribution in [0.3, 0.4) is 0 Å². The van der Waals surface area contributed by atoms with Crippen LogP contribution in [0.5, 0.6) is 0 Å². The first kappa shape index (κ1) is 17.0. The maximum Gasteiger partial charge on any atom is 0.237 e. The molecular formula is C23H25NO2. The normalized spacial score (nSPS) is 25.8. The van der Waals surface area contributed by atoms with Crippen LogP contribution in [0.15, 0.2) is 60.7 Å². The summed E-state index contributed by atoms with van der Waals surface area (Å²) in [6.45, 7) is 5.14. The monoisotopic (exact) mass is 347 g/mol. The van der Waals surface area contributed by atoms with Crippen LogP contribution in [0.2, 0.25) is 0 Å². The highest BCUT2D eigenvalue weighted by Gasteiger charge is 2.87. The fourth-order valence-corrected chi connectivity index (χ4v) is 5.34. The van der Waals surface area contributed by atoms with Crippen molar-refractivity contribution in [1.29, 1.82) is 0 Å². The van der Waals surface area contributed by atoms with Crippen molar-refractivity contribution in [1.82, 2.24) is 4.90 Å². The summed E-state index contributed by atoms with van der Waals surface area (Å²) in [6.07, 6.45) is 2.03. The molecule has 0 bridgehead atoms. The lowest BCUT2D eigenvalue weighted by molar-refractivity contribution is -0.140. The zero-order valence-electron chi connectivity index (χ0n) is 15.4. The van der Waals surface area contributed by atoms with Gasteiger partial charge < -0.3 is 4.90 Å². The molecule has 2 aliphatic rings. The number of benzene rings is 2. The third-order valence-electron chi connectivity index (χ3n) is 6.41. The zero-order chi connectivity index (χ0) is 18.4. The molecule has 0 N–H and O–H groups in total. The van der Waals surface area contributed by atoms with Crippen molar-refractivity contribution in [3.63, 3.8) is 0 Å². The topological polar surface area (TPSA) is 37.4 Å². The molecule has 1 aliphatic carbocycles. The standard InChI is InChI=1S/C23H25NO2/c1-3-4-15-24-16-20-22(17(2)25,21(24)26)23(20,18-11-7-5-8-12-18)19-13-9-6-10-14-19/h5-14,20H,3-4,15-16H2,1-2H3. The summed E-state index contributed by atoms with van der Waals surface area (Å²) in [4.78, 5) is 28.4. The molecule has 2 unspecified atom stereocenters. The second-order valence-electron chi connectivity index (χ2n) is 7.56. The third kappa shape index (κ3) is 1.94. The first-order valence-corrected chi connectivity index (χ1v) is 9.53. The van der Waals surface area contributed by atoms with Gasteiger partial charge in [-0.25, -0.2) is 0 Å². The molecule has 1 amide bonds. The van der Waals surface area contributed by atoms with E-state index in [2.05, 4.69) is 31.2 Å². The highest BCUT2D eigenvalue weighted by molar-refractivity contribution is 6.14. The molecule has 2 aromatic rings. The average molecular weight is 347 g/mol. The summed E-state index contributed by atoms with van der Waals surface area (Å²) in [7, 11) is 0. The molecule has 4 rings (SSSR count). The van der Waals surface area contributed by atoms with Gasteiger partial charge in [-0.15, -0.1) is 0 Å². The minimum atomic E-state index is -0.941. The Balaban J connectivity index is 1.88. The van der Waals surface area contributed by atoms with Crippen molar-refractivity contribution < 1.29 is 9.59 Å². The number of fused-ring (bicyclic) bond motifs is 1. The molecule has 2 atom stereocenters. The molecule has 0 radical (unpaired) electrons. The van der Waals surface area contributed by atoms with Crippen molar-refractivity contribution >= 4 is 11.7 Å². The van der Waals surface area contributed by atoms with E-state index >= 15 is 0 Å². The highest BCUT2D eigenvalue weighted by Crippen LogP contribution is 2.76. The van der Waals surface area contributed by atoms with Gasteiger partial charge >= 0.3 is 0 Å². The van der Waals surface area contributed by atoms with Crippen LogP contribution in [0.25, 0.3) is 0 Å². The number of Topliss-reactive ketones (excluding diaryl/α,β-unsaturated/α-hetero) is 1. The van der Waals surface area contributed by atoms with E-state index in [0.717, 1.165) is 30.5 Å². The van der Waals surface area contributed by atoms with E-state index in [1.807, 2.05) is 41.3 Å². The van der Waals surface area contributed by atoms with E-state index in [0.29, 0.717) is 6.54 Å². The number of nitrogens with zero attached hydrogens (tertiary/aromatic N) is 1. The Labute approximate surface area is 155 Å². The first-order chi connectivity index (χ1) is 12.6. The molecular weight excluding hydrogens is 322 g/mol. The molecule has 1 heterocycles. The van der Waals surface area contributed by atoms with Gasteiger partial charge in [0.25, 0.3) is 0 Å². The SMILES string of the molecule is CCCCN1CC2C(C(C)=O)(C1=O)C2(c1ccccc1)c1ccccc1. The largest absolute Gasteiger partial charge is 0.341 e. The summed E-state index contributed by atoms with van der Waals surface area (Å²) in [6, 6.07) is 20.2. The van der Waals surface area contributed by atoms with Crippen LogP contribution >= 0.6 is 0 Å². The Morgan fingerprint density at radius 3 is 2.00 bits per heavy atom. The number of likely N-dealkylation sites (tertiary alicyclic amines) is 1. The quantitative estimate of drug-likeness (QED) is 0.745. The summed E-state index contributed by atoms with van der Waals surface area (Å²) >= 11 is 0. The van der Waals surface area contributed by atoms with Crippen LogP contribution in [0, 0.1) is 11.3 Å². The number of ketones is 1. The highest BCUT2D eigenvalue weighted by atomic mass is 16.2. The number of hydrogen-bond donors (Lipinski definition) is 0. The Morgan fingerprint density at radius 1 is 1.04 bits per heavy atom. The van der Waals surface area contributed by atoms with Crippen molar-refractivity contribution in [2.24, 2.45) is 11.3 Å². The molecule has 1 saturated heterocycles. The van der Waals surface area contributed by atoms with E-state index < -0.39 is 10.8 Å². The summed E-state index contributed by atoms with van der Waals surface area (Å²) < 4.78 is 0. The van der Waals surface area contributed by atoms with Gasteiger partial charge in [0.15, 0.2) is 0 Å². The number of unbranched alkanes of at least 4 members (excludes halogenated alkanes) is 1. The van der Waals surface area contributed by atoms with Gasteiger partial charge in [-0.2, -0.15) is 0 Å². The number of rotatable bonds is 6. The molecule has 1 aliphatic heterocycles. The lowest BCUT2D eigenvalue weighted by Gasteiger charge is -2.31. The minimum Gasteiger partial charge on any atom is -0.341 e. The minimum absolute atomic E-state index is 0.000736. The van der Waals surface area contributed by atoms with Gasteiger partial charge in [-0.3, -0.25) is 9.59 Å². The van der Waals surface area contributed by atoms with Gasteiger partial charge in [-0.1, -0.05) is 74.0 Å². The summed E-state index contributed by atoms with van der Waals surface area (Å²) in [5.74, 6) is 0.0389. The van der Waals surface area contributed by atoms with Gasteiger partial charge in [0.1, 0.15) is 11.2 Å². The molecule has 3 nitrogen and oxygen atoms in total. The second-order valence-corrected chi connectivity index (χ2v) is 7.56. The average Bonchev–Trinajstić information content (AvgIpc) is 3.19. The molecule has 0 spiro atoms. The van der Waals surface area contributed by atoms with Gasteiger partial charge in [0.2, 0.25) is 5.91 Å². The van der Waals surface area contributed by atoms with Crippen molar-refractivity contribution in [3.8, 4) is 0 Å². The Morgan fingerprint density at radius 2 is 1.58 bits per heavy atom. The third-order valence-corrected chi connectivity index (χ3v) is 6.41. The lowest BCUT2D eigenvalue weighted by Crippen LogP contribution is -2.43. The Bertz CT molecular complexity index is 790. The van der Waals surface area contributed by atoms with Crippen molar-refractivity contribution in [2.75, 3.05) is 13.1 Å². The maximum absolute atomic E-state index is 13.5. The van der Waals surface area contributed by atoms with E-state index in [1.165, 1.54) is 0 Å². The second kappa shape index (κ2) is 6.08. The van der Waals surface area contributed by atoms with Crippen LogP contribution in [0.1, 0.15) is 37.8 Å². The molecule has 1 saturated carbocycles. The van der Waals surface area contributed by atoms with Gasteiger partial charge in [-0.05, 0) is 24.5 Å². The number of carbonyl (C=O) groups excluding carboxylic acids is 2. The van der Waals surface area contributed by atoms with Crippen LogP contribution in [-0.2, 0) is 15.0 Å². The molecule has 3 heteroatoms. The summed E-state index contributed by atoms with van der Waals surface area (Å²) in [5.41, 5.74) is 0.690. The molecule has 134 valence electrons. The fourth-order valence-electron chi connectivity index (χ4n) is 5.34. The molecule has 2 aromatic carbocycles. The number of piperidine rings is 1. The number of amides is 1.